The maximum atomic E-state index is 12.0. The summed E-state index contributed by atoms with van der Waals surface area (Å²) < 4.78 is 5.32. The lowest BCUT2D eigenvalue weighted by molar-refractivity contribution is 0.00684. The van der Waals surface area contributed by atoms with Crippen LogP contribution in [0.25, 0.3) is 0 Å². The average Bonchev–Trinajstić information content (AvgIpc) is 2.18. The van der Waals surface area contributed by atoms with Crippen LogP contribution in [-0.2, 0) is 4.74 Å². The Balaban J connectivity index is 3.19. The Morgan fingerprint density at radius 3 is 2.47 bits per heavy atom. The zero-order chi connectivity index (χ0) is 13.2. The van der Waals surface area contributed by atoms with Gasteiger partial charge in [0.2, 0.25) is 0 Å². The fourth-order valence-electron chi connectivity index (χ4n) is 1.39. The van der Waals surface area contributed by atoms with Gasteiger partial charge in [-0.25, -0.2) is 4.79 Å². The molecule has 90 valence electrons. The van der Waals surface area contributed by atoms with Crippen molar-refractivity contribution in [2.24, 2.45) is 0 Å². The molecule has 0 aromatic heterocycles. The Hall–Kier alpha value is -1.40. The normalized spacial score (nSPS) is 10.8. The van der Waals surface area contributed by atoms with E-state index < -0.39 is 5.60 Å². The molecular weight excluding hydrogens is 232 g/mol. The minimum atomic E-state index is -0.521. The average molecular weight is 248 g/mol. The number of thiol groups is 1. The number of carbonyl (C=O) groups is 1. The van der Waals surface area contributed by atoms with E-state index in [2.05, 4.69) is 18.5 Å². The third-order valence-electron chi connectivity index (χ3n) is 2.17. The third kappa shape index (κ3) is 3.54. The van der Waals surface area contributed by atoms with E-state index in [1.165, 1.54) is 0 Å². The summed E-state index contributed by atoms with van der Waals surface area (Å²) in [7, 11) is 0. The van der Waals surface area contributed by atoms with Gasteiger partial charge in [-0.05, 0) is 45.4 Å². The SMILES string of the molecule is C#Cc1cc(S)cc(C(=O)OC(C)(C)C)c1C. The first-order chi connectivity index (χ1) is 7.74. The fraction of sp³-hybridized carbons (Fsp3) is 0.357. The second-order valence-corrected chi connectivity index (χ2v) is 5.33. The Morgan fingerprint density at radius 2 is 2.00 bits per heavy atom. The van der Waals surface area contributed by atoms with Crippen molar-refractivity contribution in [1.29, 1.82) is 0 Å². The molecule has 0 aliphatic heterocycles. The number of esters is 1. The van der Waals surface area contributed by atoms with Gasteiger partial charge in [0.05, 0.1) is 5.56 Å². The number of hydrogen-bond acceptors (Lipinski definition) is 3. The molecule has 0 heterocycles. The topological polar surface area (TPSA) is 26.3 Å². The largest absolute Gasteiger partial charge is 0.456 e. The minimum absolute atomic E-state index is 0.373. The van der Waals surface area contributed by atoms with Gasteiger partial charge in [0, 0.05) is 10.5 Å². The summed E-state index contributed by atoms with van der Waals surface area (Å²) in [5.41, 5.74) is 1.37. The van der Waals surface area contributed by atoms with Crippen LogP contribution in [0.5, 0.6) is 0 Å². The summed E-state index contributed by atoms with van der Waals surface area (Å²) in [6.45, 7) is 7.29. The van der Waals surface area contributed by atoms with Crippen LogP contribution in [0.1, 0.15) is 42.3 Å². The van der Waals surface area contributed by atoms with Crippen LogP contribution >= 0.6 is 12.6 Å². The molecule has 0 bridgehead atoms. The molecule has 0 saturated carbocycles. The molecule has 1 aromatic rings. The van der Waals surface area contributed by atoms with Gasteiger partial charge in [-0.2, -0.15) is 0 Å². The molecule has 2 nitrogen and oxygen atoms in total. The Kier molecular flexibility index (Phi) is 3.90. The summed E-state index contributed by atoms with van der Waals surface area (Å²) in [5.74, 6) is 2.16. The van der Waals surface area contributed by atoms with Gasteiger partial charge in [0.25, 0.3) is 0 Å². The van der Waals surface area contributed by atoms with Crippen molar-refractivity contribution in [3.05, 3.63) is 28.8 Å². The van der Waals surface area contributed by atoms with E-state index >= 15 is 0 Å². The molecule has 1 aromatic carbocycles. The standard InChI is InChI=1S/C14H16O2S/c1-6-10-7-11(17)8-12(9(10)2)13(15)16-14(3,4)5/h1,7-8,17H,2-5H3. The van der Waals surface area contributed by atoms with Crippen LogP contribution in [0, 0.1) is 19.3 Å². The molecule has 0 aliphatic rings. The zero-order valence-corrected chi connectivity index (χ0v) is 11.4. The van der Waals surface area contributed by atoms with E-state index in [0.717, 1.165) is 5.56 Å². The van der Waals surface area contributed by atoms with Crippen molar-refractivity contribution in [2.45, 2.75) is 38.2 Å². The molecule has 1 rings (SSSR count). The summed E-state index contributed by atoms with van der Waals surface area (Å²) >= 11 is 4.23. The molecule has 3 heteroatoms. The van der Waals surface area contributed by atoms with Gasteiger partial charge in [-0.1, -0.05) is 5.92 Å². The van der Waals surface area contributed by atoms with Crippen LogP contribution in [0.3, 0.4) is 0 Å². The van der Waals surface area contributed by atoms with Gasteiger partial charge >= 0.3 is 5.97 Å². The summed E-state index contributed by atoms with van der Waals surface area (Å²) in [6, 6.07) is 3.43. The monoisotopic (exact) mass is 248 g/mol. The predicted molar refractivity (Wildman–Crippen MR) is 71.5 cm³/mol. The van der Waals surface area contributed by atoms with Crippen LogP contribution in [-0.4, -0.2) is 11.6 Å². The highest BCUT2D eigenvalue weighted by molar-refractivity contribution is 7.80. The number of hydrogen-bond donors (Lipinski definition) is 1. The number of terminal acetylenes is 1. The van der Waals surface area contributed by atoms with Crippen molar-refractivity contribution in [2.75, 3.05) is 0 Å². The van der Waals surface area contributed by atoms with Gasteiger partial charge in [0.1, 0.15) is 5.60 Å². The molecule has 0 N–H and O–H groups in total. The lowest BCUT2D eigenvalue weighted by atomic mass is 10.0. The molecule has 0 fully saturated rings. The number of ether oxygens (including phenoxy) is 1. The Labute approximate surface area is 108 Å². The summed E-state index contributed by atoms with van der Waals surface area (Å²) in [4.78, 5) is 12.6. The molecule has 0 saturated heterocycles. The van der Waals surface area contributed by atoms with Crippen LogP contribution in [0.4, 0.5) is 0 Å². The molecule has 0 radical (unpaired) electrons. The first kappa shape index (κ1) is 13.7. The molecular formula is C14H16O2S. The van der Waals surface area contributed by atoms with Crippen molar-refractivity contribution < 1.29 is 9.53 Å². The molecule has 0 atom stereocenters. The van der Waals surface area contributed by atoms with Crippen molar-refractivity contribution in [3.63, 3.8) is 0 Å². The summed E-state index contributed by atoms with van der Waals surface area (Å²) in [6.07, 6.45) is 5.38. The molecule has 0 unspecified atom stereocenters. The van der Waals surface area contributed by atoms with E-state index in [-0.39, 0.29) is 5.97 Å². The van der Waals surface area contributed by atoms with Crippen molar-refractivity contribution in [3.8, 4) is 12.3 Å². The Bertz CT molecular complexity index is 490. The van der Waals surface area contributed by atoms with E-state index in [1.807, 2.05) is 27.7 Å². The Morgan fingerprint density at radius 1 is 1.41 bits per heavy atom. The number of benzene rings is 1. The lowest BCUT2D eigenvalue weighted by Crippen LogP contribution is -2.24. The number of carbonyl (C=O) groups excluding carboxylic acids is 1. The van der Waals surface area contributed by atoms with Gasteiger partial charge in [-0.15, -0.1) is 19.1 Å². The van der Waals surface area contributed by atoms with Crippen molar-refractivity contribution >= 4 is 18.6 Å². The molecule has 0 amide bonds. The van der Waals surface area contributed by atoms with E-state index in [9.17, 15) is 4.79 Å². The first-order valence-electron chi connectivity index (χ1n) is 5.28. The second kappa shape index (κ2) is 4.85. The van der Waals surface area contributed by atoms with Crippen LogP contribution in [0.15, 0.2) is 17.0 Å². The number of rotatable bonds is 1. The minimum Gasteiger partial charge on any atom is -0.456 e. The molecule has 17 heavy (non-hydrogen) atoms. The predicted octanol–water partition coefficient (Wildman–Crippen LogP) is 3.22. The molecule has 0 aliphatic carbocycles. The van der Waals surface area contributed by atoms with Gasteiger partial charge < -0.3 is 4.74 Å². The van der Waals surface area contributed by atoms with Crippen molar-refractivity contribution in [1.82, 2.24) is 0 Å². The lowest BCUT2D eigenvalue weighted by Gasteiger charge is -2.20. The quantitative estimate of drug-likeness (QED) is 0.469. The van der Waals surface area contributed by atoms with Gasteiger partial charge in [-0.3, -0.25) is 0 Å². The smallest absolute Gasteiger partial charge is 0.338 e. The maximum Gasteiger partial charge on any atom is 0.338 e. The maximum absolute atomic E-state index is 12.0. The zero-order valence-electron chi connectivity index (χ0n) is 10.5. The first-order valence-corrected chi connectivity index (χ1v) is 5.73. The van der Waals surface area contributed by atoms with E-state index in [0.29, 0.717) is 16.0 Å². The van der Waals surface area contributed by atoms with E-state index in [1.54, 1.807) is 12.1 Å². The fourth-order valence-corrected chi connectivity index (χ4v) is 1.65. The van der Waals surface area contributed by atoms with Crippen LogP contribution < -0.4 is 0 Å². The molecule has 0 spiro atoms. The van der Waals surface area contributed by atoms with Gasteiger partial charge in [0.15, 0.2) is 0 Å². The highest BCUT2D eigenvalue weighted by Crippen LogP contribution is 2.21. The highest BCUT2D eigenvalue weighted by Gasteiger charge is 2.20. The summed E-state index contributed by atoms with van der Waals surface area (Å²) in [5, 5.41) is 0. The highest BCUT2D eigenvalue weighted by atomic mass is 32.1. The second-order valence-electron chi connectivity index (χ2n) is 4.81. The van der Waals surface area contributed by atoms with E-state index in [4.69, 9.17) is 11.2 Å². The third-order valence-corrected chi connectivity index (χ3v) is 2.42. The van der Waals surface area contributed by atoms with Crippen LogP contribution in [0.2, 0.25) is 0 Å².